The highest BCUT2D eigenvalue weighted by Crippen LogP contribution is 2.53. The van der Waals surface area contributed by atoms with Gasteiger partial charge >= 0.3 is 0 Å². The number of imide groups is 1. The van der Waals surface area contributed by atoms with E-state index in [1.54, 1.807) is 0 Å². The van der Waals surface area contributed by atoms with Crippen LogP contribution in [0.4, 0.5) is 0 Å². The smallest absolute Gasteiger partial charge is 0.235 e. The van der Waals surface area contributed by atoms with Gasteiger partial charge in [0.05, 0.1) is 33.7 Å². The lowest BCUT2D eigenvalue weighted by Gasteiger charge is -2.26. The van der Waals surface area contributed by atoms with E-state index in [9.17, 15) is 14.7 Å². The lowest BCUT2D eigenvalue weighted by atomic mass is 9.86. The maximum atomic E-state index is 13.6. The third-order valence-electron chi connectivity index (χ3n) is 7.49. The van der Waals surface area contributed by atoms with E-state index in [-0.39, 0.29) is 36.4 Å². The minimum atomic E-state index is -0.428. The van der Waals surface area contributed by atoms with E-state index >= 15 is 0 Å². The van der Waals surface area contributed by atoms with Gasteiger partial charge in [-0.15, -0.1) is 11.3 Å². The zero-order valence-corrected chi connectivity index (χ0v) is 20.6. The summed E-state index contributed by atoms with van der Waals surface area (Å²) in [5, 5.41) is 13.7. The Morgan fingerprint density at radius 2 is 2.09 bits per heavy atom. The van der Waals surface area contributed by atoms with Crippen molar-refractivity contribution in [2.45, 2.75) is 44.5 Å². The number of aryl methyl sites for hydroxylation is 1. The number of hydrogen-bond donors (Lipinski definition) is 1. The van der Waals surface area contributed by atoms with Crippen LogP contribution in [0.25, 0.3) is 10.6 Å². The van der Waals surface area contributed by atoms with Crippen LogP contribution in [0.5, 0.6) is 0 Å². The number of aliphatic hydroxyl groups is 1. The van der Waals surface area contributed by atoms with Crippen molar-refractivity contribution in [2.24, 2.45) is 11.8 Å². The van der Waals surface area contributed by atoms with Crippen molar-refractivity contribution in [1.29, 1.82) is 0 Å². The fourth-order valence-electron chi connectivity index (χ4n) is 6.05. The number of aromatic nitrogens is 2. The summed E-state index contributed by atoms with van der Waals surface area (Å²) in [5.74, 6) is -0.272. The minimum Gasteiger partial charge on any atom is -0.391 e. The third-order valence-corrected chi connectivity index (χ3v) is 8.74. The Morgan fingerprint density at radius 3 is 2.89 bits per heavy atom. The van der Waals surface area contributed by atoms with Gasteiger partial charge in [-0.1, -0.05) is 16.8 Å². The molecule has 182 valence electrons. The topological polar surface area (TPSA) is 90.8 Å². The monoisotopic (exact) mass is 513 g/mol. The van der Waals surface area contributed by atoms with Gasteiger partial charge in [0, 0.05) is 36.7 Å². The predicted molar refractivity (Wildman–Crippen MR) is 128 cm³/mol. The number of halogens is 1. The molecule has 0 radical (unpaired) electrons. The molecule has 3 aliphatic heterocycles. The first kappa shape index (κ1) is 22.8. The van der Waals surface area contributed by atoms with Gasteiger partial charge < -0.3 is 9.63 Å². The van der Waals surface area contributed by atoms with E-state index in [0.717, 1.165) is 29.8 Å². The van der Waals surface area contributed by atoms with Crippen molar-refractivity contribution in [2.75, 3.05) is 13.1 Å². The molecular weight excluding hydrogens is 488 g/mol. The van der Waals surface area contributed by atoms with E-state index in [1.807, 2.05) is 47.3 Å². The standard InChI is InChI=1S/C25H26ClN4O4S/c26-20-7-6-19(35-20)18-12-16(27-34-18)23-22-21(17-5-2-10-29(17)23)24(32)30(25(22)33)11-3-9-28-8-1-4-15(13-28)14-31/h1,4,6-8,12-13,17,21-23,31H,2-3,5,9-11,14H2/q+1/t17-,21-,22-,23-/m0/s1. The molecule has 35 heavy (non-hydrogen) atoms. The van der Waals surface area contributed by atoms with Crippen LogP contribution >= 0.6 is 22.9 Å². The zero-order valence-electron chi connectivity index (χ0n) is 19.0. The number of amides is 2. The molecule has 3 aromatic heterocycles. The summed E-state index contributed by atoms with van der Waals surface area (Å²) < 4.78 is 8.29. The molecule has 6 rings (SSSR count). The van der Waals surface area contributed by atoms with Crippen molar-refractivity contribution < 1.29 is 23.8 Å². The molecule has 10 heteroatoms. The van der Waals surface area contributed by atoms with Gasteiger partial charge in [-0.05, 0) is 37.6 Å². The molecule has 4 atom stereocenters. The number of carbonyl (C=O) groups is 2. The fraction of sp³-hybridized carbons (Fsp3) is 0.440. The molecule has 0 aromatic carbocycles. The maximum Gasteiger partial charge on any atom is 0.235 e. The predicted octanol–water partition coefficient (Wildman–Crippen LogP) is 3.05. The van der Waals surface area contributed by atoms with E-state index in [2.05, 4.69) is 10.1 Å². The Labute approximate surface area is 211 Å². The summed E-state index contributed by atoms with van der Waals surface area (Å²) in [4.78, 5) is 31.7. The van der Waals surface area contributed by atoms with Crippen LogP contribution < -0.4 is 4.57 Å². The van der Waals surface area contributed by atoms with Crippen LogP contribution in [0.15, 0.2) is 47.2 Å². The Hall–Kier alpha value is -2.59. The highest BCUT2D eigenvalue weighted by atomic mass is 35.5. The Morgan fingerprint density at radius 1 is 1.23 bits per heavy atom. The molecule has 0 bridgehead atoms. The highest BCUT2D eigenvalue weighted by Gasteiger charge is 2.63. The van der Waals surface area contributed by atoms with Gasteiger partial charge in [0.15, 0.2) is 18.2 Å². The number of fused-ring (bicyclic) bond motifs is 3. The van der Waals surface area contributed by atoms with Crippen LogP contribution in [0, 0.1) is 11.8 Å². The van der Waals surface area contributed by atoms with Crippen molar-refractivity contribution in [3.8, 4) is 10.6 Å². The first-order valence-electron chi connectivity index (χ1n) is 12.0. The minimum absolute atomic E-state index is 0.0180. The van der Waals surface area contributed by atoms with Gasteiger partial charge in [-0.25, -0.2) is 4.57 Å². The number of nitrogens with zero attached hydrogens (tertiary/aromatic N) is 4. The first-order valence-corrected chi connectivity index (χ1v) is 13.2. The number of aliphatic hydroxyl groups excluding tert-OH is 1. The zero-order chi connectivity index (χ0) is 24.1. The number of rotatable bonds is 7. The lowest BCUT2D eigenvalue weighted by Crippen LogP contribution is -2.41. The van der Waals surface area contributed by atoms with Gasteiger partial charge in [0.2, 0.25) is 11.8 Å². The lowest BCUT2D eigenvalue weighted by molar-refractivity contribution is -0.697. The van der Waals surface area contributed by atoms with Crippen molar-refractivity contribution >= 4 is 34.8 Å². The quantitative estimate of drug-likeness (QED) is 0.386. The van der Waals surface area contributed by atoms with Crippen molar-refractivity contribution in [3.63, 3.8) is 0 Å². The van der Waals surface area contributed by atoms with Gasteiger partial charge in [0.25, 0.3) is 0 Å². The largest absolute Gasteiger partial charge is 0.391 e. The van der Waals surface area contributed by atoms with E-state index in [1.165, 1.54) is 16.2 Å². The van der Waals surface area contributed by atoms with Crippen LogP contribution in [0.2, 0.25) is 4.34 Å². The van der Waals surface area contributed by atoms with Crippen molar-refractivity contribution in [3.05, 3.63) is 58.3 Å². The highest BCUT2D eigenvalue weighted by molar-refractivity contribution is 7.19. The molecule has 3 aliphatic rings. The normalized spacial score (nSPS) is 26.1. The summed E-state index contributed by atoms with van der Waals surface area (Å²) in [5.41, 5.74) is 1.54. The van der Waals surface area contributed by atoms with E-state index < -0.39 is 5.92 Å². The van der Waals surface area contributed by atoms with Crippen LogP contribution in [-0.4, -0.2) is 51.0 Å². The molecule has 2 amide bonds. The maximum absolute atomic E-state index is 13.6. The second-order valence-corrected chi connectivity index (χ2v) is 11.2. The van der Waals surface area contributed by atoms with Gasteiger partial charge in [-0.2, -0.15) is 0 Å². The van der Waals surface area contributed by atoms with Crippen molar-refractivity contribution in [1.82, 2.24) is 15.0 Å². The fourth-order valence-corrected chi connectivity index (χ4v) is 7.04. The van der Waals surface area contributed by atoms with E-state index in [0.29, 0.717) is 35.3 Å². The second kappa shape index (κ2) is 9.13. The molecule has 0 spiro atoms. The molecule has 3 saturated heterocycles. The number of likely N-dealkylation sites (tertiary alicyclic amines) is 1. The average molecular weight is 514 g/mol. The van der Waals surface area contributed by atoms with Gasteiger partial charge in [-0.3, -0.25) is 19.4 Å². The summed E-state index contributed by atoms with van der Waals surface area (Å²) in [6.07, 6.45) is 6.39. The number of thiophene rings is 1. The number of carbonyl (C=O) groups excluding carboxylic acids is 2. The Bertz CT molecular complexity index is 1280. The molecule has 1 N–H and O–H groups in total. The molecule has 3 fully saturated rings. The molecule has 6 heterocycles. The van der Waals surface area contributed by atoms with Gasteiger partial charge in [0.1, 0.15) is 12.2 Å². The SMILES string of the molecule is O=C1[C@@H]2[C@H](C(=O)N1CCC[n+]1cccc(CO)c1)[C@H](c1cc(-c3ccc(Cl)s3)on1)N1CCC[C@@H]21. The summed E-state index contributed by atoms with van der Waals surface area (Å²) in [6.45, 7) is 1.89. The molecule has 3 aromatic rings. The third kappa shape index (κ3) is 3.91. The summed E-state index contributed by atoms with van der Waals surface area (Å²) in [6, 6.07) is 9.18. The second-order valence-electron chi connectivity index (χ2n) is 9.45. The molecule has 8 nitrogen and oxygen atoms in total. The molecular formula is C25H26ClN4O4S+. The Kier molecular flexibility index (Phi) is 5.96. The summed E-state index contributed by atoms with van der Waals surface area (Å²) >= 11 is 7.50. The average Bonchev–Trinajstić information content (AvgIpc) is 3.66. The number of hydrogen-bond acceptors (Lipinski definition) is 7. The van der Waals surface area contributed by atoms with Crippen LogP contribution in [-0.2, 0) is 22.7 Å². The first-order chi connectivity index (χ1) is 17.0. The molecule has 0 aliphatic carbocycles. The molecule has 0 saturated carbocycles. The van der Waals surface area contributed by atoms with Crippen LogP contribution in [0.1, 0.15) is 36.6 Å². The molecule has 0 unspecified atom stereocenters. The van der Waals surface area contributed by atoms with Crippen LogP contribution in [0.3, 0.4) is 0 Å². The number of pyridine rings is 1. The van der Waals surface area contributed by atoms with E-state index in [4.69, 9.17) is 16.1 Å². The summed E-state index contributed by atoms with van der Waals surface area (Å²) in [7, 11) is 0. The Balaban J connectivity index is 1.22.